The second kappa shape index (κ2) is 27.4. The lowest BCUT2D eigenvalue weighted by atomic mass is 9.77. The molecule has 2 aliphatic rings. The SMILES string of the molecule is C[C@H](CCCn1cc(CCOC(=O)NCCNC(=S)Nc2ccc3c(c2)C(=O)OC32c3ccc(O)cc3Oc3cc(O)ccc32)nn1)NC(=O)CC[C@H](NC(=O)CC[C@H](NC(=O)c1ccc(NCc2cnc3nc(N)nc(O)c3n2)cc1)C(=O)O)C(=O)O. The number of benzene rings is 4. The molecule has 3 atom stereocenters. The van der Waals surface area contributed by atoms with E-state index in [0.29, 0.717) is 58.8 Å². The number of anilines is 3. The van der Waals surface area contributed by atoms with Gasteiger partial charge in [-0.3, -0.25) is 19.1 Å². The summed E-state index contributed by atoms with van der Waals surface area (Å²) in [6.45, 7) is 2.81. The number of rotatable bonds is 26. The molecule has 2 aliphatic heterocycles. The number of aromatic hydroxyl groups is 3. The van der Waals surface area contributed by atoms with E-state index in [4.69, 9.17) is 32.2 Å². The highest BCUT2D eigenvalue weighted by molar-refractivity contribution is 7.80. The van der Waals surface area contributed by atoms with Crippen LogP contribution >= 0.6 is 12.2 Å². The third-order valence-electron chi connectivity index (χ3n) is 14.0. The molecule has 5 heterocycles. The Hall–Kier alpha value is -11.0. The first kappa shape index (κ1) is 61.6. The van der Waals surface area contributed by atoms with E-state index in [0.717, 1.165) is 0 Å². The molecule has 88 heavy (non-hydrogen) atoms. The van der Waals surface area contributed by atoms with Gasteiger partial charge in [-0.1, -0.05) is 11.3 Å². The number of aliphatic carboxylic acids is 2. The molecule has 31 heteroatoms. The number of phenolic OH excluding ortho intramolecular Hbond substituents is 2. The van der Waals surface area contributed by atoms with Crippen LogP contribution in [0.1, 0.15) is 94.2 Å². The monoisotopic (exact) mass is 1230 g/mol. The molecule has 458 valence electrons. The molecule has 0 bridgehead atoms. The fourth-order valence-corrected chi connectivity index (χ4v) is 9.90. The Kier molecular flexibility index (Phi) is 19.2. The highest BCUT2D eigenvalue weighted by Crippen LogP contribution is 2.57. The van der Waals surface area contributed by atoms with Crippen LogP contribution in [-0.4, -0.2) is 145 Å². The van der Waals surface area contributed by atoms with Crippen molar-refractivity contribution in [2.75, 3.05) is 36.1 Å². The number of hydrogen-bond acceptors (Lipinski definition) is 22. The van der Waals surface area contributed by atoms with Crippen LogP contribution in [0.2, 0.25) is 0 Å². The summed E-state index contributed by atoms with van der Waals surface area (Å²) in [5, 5.41) is 77.7. The predicted molar refractivity (Wildman–Crippen MR) is 314 cm³/mol. The van der Waals surface area contributed by atoms with Crippen LogP contribution in [0.3, 0.4) is 0 Å². The summed E-state index contributed by atoms with van der Waals surface area (Å²) in [5.41, 5.74) is 8.27. The van der Waals surface area contributed by atoms with E-state index in [2.05, 4.69) is 67.5 Å². The lowest BCUT2D eigenvalue weighted by molar-refractivity contribution is -0.143. The first-order valence-corrected chi connectivity index (χ1v) is 27.9. The summed E-state index contributed by atoms with van der Waals surface area (Å²) < 4.78 is 19.0. The Morgan fingerprint density at radius 3 is 2.10 bits per heavy atom. The van der Waals surface area contributed by atoms with Crippen molar-refractivity contribution in [3.05, 3.63) is 130 Å². The van der Waals surface area contributed by atoms with Gasteiger partial charge in [-0.05, 0) is 105 Å². The highest BCUT2D eigenvalue weighted by Gasteiger charge is 2.54. The lowest BCUT2D eigenvalue weighted by Crippen LogP contribution is -2.44. The predicted octanol–water partition coefficient (Wildman–Crippen LogP) is 3.44. The van der Waals surface area contributed by atoms with Crippen molar-refractivity contribution < 1.29 is 73.3 Å². The molecule has 0 radical (unpaired) electrons. The number of nitrogens with two attached hydrogens (primary N) is 1. The van der Waals surface area contributed by atoms with Crippen molar-refractivity contribution in [1.82, 2.24) is 61.5 Å². The number of thiocarbonyl (C=S) groups is 1. The number of aryl methyl sites for hydroxylation is 1. The number of esters is 1. The number of carboxylic acids is 2. The van der Waals surface area contributed by atoms with Crippen LogP contribution < -0.4 is 47.7 Å². The number of nitrogens with zero attached hydrogens (tertiary/aromatic N) is 7. The van der Waals surface area contributed by atoms with Gasteiger partial charge in [0.2, 0.25) is 23.6 Å². The van der Waals surface area contributed by atoms with Crippen LogP contribution in [0.5, 0.6) is 28.9 Å². The zero-order valence-electron chi connectivity index (χ0n) is 46.8. The highest BCUT2D eigenvalue weighted by atomic mass is 32.1. The molecule has 14 N–H and O–H groups in total. The van der Waals surface area contributed by atoms with Crippen molar-refractivity contribution in [3.8, 4) is 28.9 Å². The fraction of sp³-hybridized carbons (Fsp3) is 0.298. The normalized spacial score (nSPS) is 13.4. The summed E-state index contributed by atoms with van der Waals surface area (Å²) in [6, 6.07) is 16.8. The first-order chi connectivity index (χ1) is 42.2. The van der Waals surface area contributed by atoms with Crippen LogP contribution in [0, 0.1) is 0 Å². The first-order valence-electron chi connectivity index (χ1n) is 27.5. The molecule has 30 nitrogen and oxygen atoms in total. The average Bonchev–Trinajstić information content (AvgIpc) is 1.56. The third kappa shape index (κ3) is 15.1. The van der Waals surface area contributed by atoms with Gasteiger partial charge < -0.3 is 82.7 Å². The van der Waals surface area contributed by atoms with E-state index in [9.17, 15) is 59.1 Å². The van der Waals surface area contributed by atoms with Crippen molar-refractivity contribution >= 4 is 87.5 Å². The summed E-state index contributed by atoms with van der Waals surface area (Å²) in [5.74, 6) is -5.56. The van der Waals surface area contributed by atoms with Crippen molar-refractivity contribution in [1.29, 1.82) is 0 Å². The van der Waals surface area contributed by atoms with E-state index in [1.807, 2.05) is 0 Å². The molecule has 7 aromatic rings. The number of carbonyl (C=O) groups is 7. The number of nitrogen functional groups attached to an aromatic ring is 1. The number of phenols is 2. The zero-order valence-corrected chi connectivity index (χ0v) is 47.6. The van der Waals surface area contributed by atoms with E-state index in [-0.39, 0.29) is 114 Å². The molecule has 9 rings (SSSR count). The molecule has 0 unspecified atom stereocenters. The summed E-state index contributed by atoms with van der Waals surface area (Å²) in [4.78, 5) is 104. The van der Waals surface area contributed by atoms with Gasteiger partial charge in [0, 0.05) is 96.9 Å². The minimum atomic E-state index is -1.49. The molecule has 1 spiro atoms. The minimum Gasteiger partial charge on any atom is -0.508 e. The van der Waals surface area contributed by atoms with Crippen LogP contribution in [0.4, 0.5) is 22.1 Å². The smallest absolute Gasteiger partial charge is 0.407 e. The molecule has 0 saturated carbocycles. The van der Waals surface area contributed by atoms with Crippen molar-refractivity contribution in [2.45, 2.75) is 88.7 Å². The number of aromatic nitrogens is 7. The molecule has 3 aromatic heterocycles. The van der Waals surface area contributed by atoms with Gasteiger partial charge >= 0.3 is 24.0 Å². The molecule has 4 amide bonds. The van der Waals surface area contributed by atoms with E-state index in [1.54, 1.807) is 60.3 Å². The zero-order chi connectivity index (χ0) is 62.6. The van der Waals surface area contributed by atoms with Gasteiger partial charge in [0.15, 0.2) is 21.9 Å². The average molecular weight is 1230 g/mol. The quantitative estimate of drug-likeness (QED) is 0.0210. The van der Waals surface area contributed by atoms with Crippen LogP contribution in [0.25, 0.3) is 11.2 Å². The maximum absolute atomic E-state index is 13.5. The second-order valence-electron chi connectivity index (χ2n) is 20.3. The van der Waals surface area contributed by atoms with E-state index in [1.165, 1.54) is 42.6 Å². The van der Waals surface area contributed by atoms with Crippen molar-refractivity contribution in [2.24, 2.45) is 0 Å². The molecular weight excluding hydrogens is 1170 g/mol. The molecule has 0 fully saturated rings. The number of alkyl carbamates (subject to hydrolysis) is 1. The van der Waals surface area contributed by atoms with Gasteiger partial charge in [-0.2, -0.15) is 9.97 Å². The second-order valence-corrected chi connectivity index (χ2v) is 20.7. The van der Waals surface area contributed by atoms with Gasteiger partial charge in [0.05, 0.1) is 36.3 Å². The fourth-order valence-electron chi connectivity index (χ4n) is 9.68. The largest absolute Gasteiger partial charge is 0.508 e. The van der Waals surface area contributed by atoms with Crippen LogP contribution in [0.15, 0.2) is 91.3 Å². The van der Waals surface area contributed by atoms with Crippen molar-refractivity contribution in [3.63, 3.8) is 0 Å². The Balaban J connectivity index is 0.617. The third-order valence-corrected chi connectivity index (χ3v) is 14.2. The van der Waals surface area contributed by atoms with Gasteiger partial charge in [0.25, 0.3) is 5.91 Å². The summed E-state index contributed by atoms with van der Waals surface area (Å²) in [7, 11) is 0. The number of carboxylic acid groups (broad SMARTS) is 2. The molecule has 0 aliphatic carbocycles. The van der Waals surface area contributed by atoms with E-state index >= 15 is 0 Å². The number of amides is 4. The summed E-state index contributed by atoms with van der Waals surface area (Å²) >= 11 is 5.46. The lowest BCUT2D eigenvalue weighted by Gasteiger charge is -2.36. The van der Waals surface area contributed by atoms with Gasteiger partial charge in [0.1, 0.15) is 35.1 Å². The Morgan fingerprint density at radius 1 is 0.761 bits per heavy atom. The number of fused-ring (bicyclic) bond motifs is 7. The molecule has 4 aromatic carbocycles. The molecule has 0 saturated heterocycles. The Labute approximate surface area is 504 Å². The van der Waals surface area contributed by atoms with E-state index < -0.39 is 71.7 Å². The Bertz CT molecular complexity index is 3780. The number of hydrogen-bond donors (Lipinski definition) is 13. The van der Waals surface area contributed by atoms with Crippen LogP contribution in [-0.2, 0) is 53.8 Å². The number of ether oxygens (including phenoxy) is 3. The molecular formula is C57H59N15O15S. The summed E-state index contributed by atoms with van der Waals surface area (Å²) in [6.07, 6.45) is 2.58. The van der Waals surface area contributed by atoms with Gasteiger partial charge in [-0.15, -0.1) is 5.10 Å². The standard InChI is InChI=1S/C57H59N15O15S/c1-29(63-45(75)16-14-41(51(79)80)66-46(76)17-15-42(52(81)82)67-49(77)30-4-6-31(7-5-30)61-26-34-27-62-48-47(64-34)50(78)69-54(58)68-48)3-2-21-72-28-33(70-71-72)18-22-85-56(84)60-20-19-59-55(88)65-32-8-11-38-37(23-32)53(83)87-57(38)39-12-9-35(73)24-43(39)86-44-25-36(74)10-13-40(44)57/h4-13,23-25,27-29,41-42,61,73-74H,2-3,14-22,26H2,1H3,(H,60,84)(H,63,75)(H,66,76)(H,67,77)(H,79,80)(H,81,82)(H2,59,65,88)(H3,58,62,68,69,78)/t29-,41+,42+/m1/s1. The van der Waals surface area contributed by atoms with Gasteiger partial charge in [-0.25, -0.2) is 29.1 Å². The maximum atomic E-state index is 13.5. The maximum Gasteiger partial charge on any atom is 0.407 e. The minimum absolute atomic E-state index is 0.0170. The Morgan fingerprint density at radius 2 is 1.41 bits per heavy atom. The number of nitrogens with one attached hydrogen (secondary N) is 7. The number of carbonyl (C=O) groups excluding carboxylic acids is 5. The topological polar surface area (TPSA) is 441 Å².